The molecule has 0 atom stereocenters. The van der Waals surface area contributed by atoms with Crippen LogP contribution in [0.5, 0.6) is 0 Å². The van der Waals surface area contributed by atoms with E-state index in [1.54, 1.807) is 0 Å². The summed E-state index contributed by atoms with van der Waals surface area (Å²) in [5, 5.41) is 26.7. The first kappa shape index (κ1) is 64.5. The van der Waals surface area contributed by atoms with Gasteiger partial charge < -0.3 is 79.2 Å². The molecule has 0 aliphatic heterocycles. The molecule has 0 aliphatic rings. The number of hydrogen-bond acceptors (Lipinski definition) is 6. The Kier molecular flexibility index (Phi) is 193. The molecule has 18 heavy (non-hydrogen) atoms. The molecular weight excluding hydrogens is 350 g/mol. The molecule has 0 radical (unpaired) electrons. The number of carbonyl (C=O) groups is 3. The van der Waals surface area contributed by atoms with E-state index < -0.39 is 17.9 Å². The molecule has 0 saturated carbocycles. The third-order valence-corrected chi connectivity index (χ3v) is 0. The molecule has 0 unspecified atom stereocenters. The van der Waals surface area contributed by atoms with Crippen molar-refractivity contribution in [2.75, 3.05) is 0 Å². The summed E-state index contributed by atoms with van der Waals surface area (Å²) >= 11 is 0. The molecule has 0 rings (SSSR count). The summed E-state index contributed by atoms with van der Waals surface area (Å²) in [6, 6.07) is 0. The van der Waals surface area contributed by atoms with Crippen molar-refractivity contribution >= 4 is 17.9 Å². The Morgan fingerprint density at radius 3 is 0.611 bits per heavy atom. The molecule has 0 aromatic carbocycles. The van der Waals surface area contributed by atoms with E-state index in [2.05, 4.69) is 0 Å². The molecule has 0 aliphatic carbocycles. The number of quaternary nitrogens is 2. The summed E-state index contributed by atoms with van der Waals surface area (Å²) in [6.07, 6.45) is 0. The molecule has 8 N–H and O–H groups in total. The number of hydrogen-bond donors (Lipinski definition) is 2. The van der Waals surface area contributed by atoms with E-state index in [9.17, 15) is 0 Å². The molecule has 8 nitrogen and oxygen atoms in total. The average Bonchev–Trinajstić information content (AvgIpc) is 1.54. The fourth-order valence-electron chi connectivity index (χ4n) is 0. The van der Waals surface area contributed by atoms with Gasteiger partial charge in [0.1, 0.15) is 0 Å². The third kappa shape index (κ3) is 482000. The molecule has 0 aromatic heterocycles. The number of carbonyl (C=O) groups excluding carboxylic acids is 3. The van der Waals surface area contributed by atoms with Gasteiger partial charge in [0.25, 0.3) is 0 Å². The molecule has 0 amide bonds. The zero-order valence-electron chi connectivity index (χ0n) is 10.6. The van der Waals surface area contributed by atoms with Gasteiger partial charge in [0, 0.05) is 17.9 Å². The Balaban J connectivity index is -0.00000000827. The van der Waals surface area contributed by atoms with Crippen LogP contribution in [-0.4, -0.2) is 17.9 Å². The van der Waals surface area contributed by atoms with Crippen molar-refractivity contribution in [1.29, 1.82) is 0 Å². The Morgan fingerprint density at radius 2 is 0.611 bits per heavy atom. The quantitative estimate of drug-likeness (QED) is 0.399. The Hall–Kier alpha value is -0.0857. The van der Waals surface area contributed by atoms with Gasteiger partial charge in [0.2, 0.25) is 0 Å². The van der Waals surface area contributed by atoms with Crippen molar-refractivity contribution in [3.8, 4) is 0 Å². The summed E-state index contributed by atoms with van der Waals surface area (Å²) in [6.45, 7) is 2.92. The van der Waals surface area contributed by atoms with Gasteiger partial charge in [0.15, 0.2) is 0 Å². The van der Waals surface area contributed by atoms with Gasteiger partial charge in [0.05, 0.1) is 0 Å². The second kappa shape index (κ2) is 53.9. The summed E-state index contributed by atoms with van der Waals surface area (Å²) in [5.41, 5.74) is 0. The van der Waals surface area contributed by atoms with Crippen LogP contribution >= 0.6 is 0 Å². The fraction of sp³-hybridized carbons (Fsp3) is 0.500. The number of halogens is 3. The fourth-order valence-corrected chi connectivity index (χ4v) is 0. The predicted octanol–water partition coefficient (Wildman–Crippen LogP) is -12.0. The second-order valence-corrected chi connectivity index (χ2v) is 1.47. The smallest absolute Gasteiger partial charge is 1.00 e. The van der Waals surface area contributed by atoms with Crippen LogP contribution in [0.15, 0.2) is 0 Å². The number of aliphatic carboxylic acids is 3. The van der Waals surface area contributed by atoms with Crippen LogP contribution in [0.2, 0.25) is 0 Å². The van der Waals surface area contributed by atoms with E-state index in [1.807, 2.05) is 0 Å². The van der Waals surface area contributed by atoms with E-state index in [-0.39, 0.29) is 71.2 Å². The van der Waals surface area contributed by atoms with Crippen LogP contribution in [0, 0.1) is 0 Å². The molecule has 12 heteroatoms. The molecule has 0 fully saturated rings. The van der Waals surface area contributed by atoms with E-state index >= 15 is 0 Å². The first-order chi connectivity index (χ1) is 5.20. The van der Waals surface area contributed by atoms with Gasteiger partial charge in [-0.1, -0.05) is 0 Å². The monoisotopic (exact) mass is 366 g/mol. The molecule has 0 bridgehead atoms. The van der Waals surface area contributed by atoms with E-state index in [0.29, 0.717) is 0 Å². The topological polar surface area (TPSA) is 193 Å². The van der Waals surface area contributed by atoms with Crippen molar-refractivity contribution in [3.63, 3.8) is 0 Å². The third-order valence-electron chi connectivity index (χ3n) is 0. The van der Waals surface area contributed by atoms with Crippen molar-refractivity contribution < 1.29 is 88.6 Å². The molecule has 112 valence electrons. The minimum absolute atomic E-state index is 0. The number of carboxylic acid groups (broad SMARTS) is 3. The largest absolute Gasteiger partial charge is 4.00 e. The minimum Gasteiger partial charge on any atom is -1.00 e. The Labute approximate surface area is 139 Å². The van der Waals surface area contributed by atoms with Gasteiger partial charge in [-0.3, -0.25) is 0 Å². The van der Waals surface area contributed by atoms with Gasteiger partial charge in [-0.2, -0.15) is 0 Å². The van der Waals surface area contributed by atoms with Crippen LogP contribution in [0.1, 0.15) is 20.8 Å². The zero-order valence-corrected chi connectivity index (χ0v) is 14.4. The van der Waals surface area contributed by atoms with Gasteiger partial charge in [-0.15, -0.1) is 0 Å². The second-order valence-electron chi connectivity index (χ2n) is 1.47. The van der Waals surface area contributed by atoms with E-state index in [1.165, 1.54) is 0 Å². The maximum atomic E-state index is 8.89. The van der Waals surface area contributed by atoms with Crippen LogP contribution < -0.4 is 64.8 Å². The molecule has 0 spiro atoms. The van der Waals surface area contributed by atoms with Crippen molar-refractivity contribution in [2.45, 2.75) is 20.8 Å². The van der Waals surface area contributed by atoms with Crippen molar-refractivity contribution in [3.05, 3.63) is 0 Å². The minimum atomic E-state index is -1.08. The van der Waals surface area contributed by atoms with Gasteiger partial charge in [-0.05, 0) is 20.8 Å². The molecule has 0 heterocycles. The predicted molar refractivity (Wildman–Crippen MR) is 44.0 cm³/mol. The summed E-state index contributed by atoms with van der Waals surface area (Å²) < 4.78 is 0. The van der Waals surface area contributed by atoms with Crippen LogP contribution in [0.25, 0.3) is 0 Å². The van der Waals surface area contributed by atoms with Crippen LogP contribution in [0.4, 0.5) is 0 Å². The SMILES string of the molecule is CC(=O)[O-].CC(=O)[O-].CC(=O)[O-].[Cl-].[Cl-].[Cl-].[NH4+].[NH4+].[Ti+4]. The molecular formula is C6H17Cl3N2O6Ti. The average molecular weight is 367 g/mol. The summed E-state index contributed by atoms with van der Waals surface area (Å²) in [7, 11) is 0. The van der Waals surface area contributed by atoms with E-state index in [4.69, 9.17) is 29.7 Å². The Bertz CT molecular complexity index is 135. The maximum absolute atomic E-state index is 8.89. The van der Waals surface area contributed by atoms with Crippen molar-refractivity contribution in [2.24, 2.45) is 0 Å². The summed E-state index contributed by atoms with van der Waals surface area (Å²) in [5.74, 6) is -3.25. The van der Waals surface area contributed by atoms with Crippen molar-refractivity contribution in [1.82, 2.24) is 12.3 Å². The van der Waals surface area contributed by atoms with Gasteiger partial charge in [-0.25, -0.2) is 0 Å². The van der Waals surface area contributed by atoms with E-state index in [0.717, 1.165) is 20.8 Å². The first-order valence-electron chi connectivity index (χ1n) is 2.72. The van der Waals surface area contributed by atoms with Crippen LogP contribution in [0.3, 0.4) is 0 Å². The zero-order chi connectivity index (χ0) is 10.7. The molecule has 0 saturated heterocycles. The number of carboxylic acids is 3. The summed E-state index contributed by atoms with van der Waals surface area (Å²) in [4.78, 5) is 26.7. The Morgan fingerprint density at radius 1 is 0.611 bits per heavy atom. The van der Waals surface area contributed by atoms with Gasteiger partial charge >= 0.3 is 21.7 Å². The standard InChI is InChI=1S/3C2H4O2.3ClH.2H3N.Ti/c3*1-2(3)4;;;;;;/h3*1H3,(H,3,4);3*1H;2*1H3;/q;;;;;;;;+4/p-4. The maximum Gasteiger partial charge on any atom is 4.00 e. The molecule has 0 aromatic rings. The normalized spacial score (nSPS) is 4.17. The van der Waals surface area contributed by atoms with Crippen LogP contribution in [-0.2, 0) is 36.1 Å². The first-order valence-corrected chi connectivity index (χ1v) is 2.72. The number of rotatable bonds is 0.